The number of aromatic nitrogens is 1. The number of rotatable bonds is 12. The summed E-state index contributed by atoms with van der Waals surface area (Å²) in [6.07, 6.45) is 1.66. The molecule has 6 rings (SSSR count). The molecule has 0 saturated heterocycles. The van der Waals surface area contributed by atoms with Crippen LogP contribution in [-0.2, 0) is 16.1 Å². The Morgan fingerprint density at radius 3 is 2.47 bits per heavy atom. The molecule has 0 unspecified atom stereocenters. The molecule has 0 spiro atoms. The molecule has 2 heterocycles. The van der Waals surface area contributed by atoms with Gasteiger partial charge in [-0.15, -0.1) is 0 Å². The van der Waals surface area contributed by atoms with Crippen LogP contribution >= 0.6 is 22.9 Å². The molecule has 0 N–H and O–H groups in total. The van der Waals surface area contributed by atoms with Gasteiger partial charge in [0.1, 0.15) is 6.61 Å². The largest absolute Gasteiger partial charge is 0.493 e. The molecule has 11 heteroatoms. The topological polar surface area (TPSA) is 97.6 Å². The van der Waals surface area contributed by atoms with Gasteiger partial charge in [-0.25, -0.2) is 9.79 Å². The fraction of sp³-hybridized carbons (Fsp3) is 0.275. The Labute approximate surface area is 305 Å². The van der Waals surface area contributed by atoms with E-state index >= 15 is 0 Å². The summed E-state index contributed by atoms with van der Waals surface area (Å²) in [5.74, 6) is 1.35. The molecular formula is C40H39ClN2O7S. The van der Waals surface area contributed by atoms with E-state index in [-0.39, 0.29) is 23.8 Å². The van der Waals surface area contributed by atoms with Crippen molar-refractivity contribution < 1.29 is 28.5 Å². The third-order valence-electron chi connectivity index (χ3n) is 8.21. The van der Waals surface area contributed by atoms with Crippen LogP contribution in [0.25, 0.3) is 16.8 Å². The van der Waals surface area contributed by atoms with Crippen molar-refractivity contribution in [1.29, 1.82) is 0 Å². The van der Waals surface area contributed by atoms with Gasteiger partial charge in [-0.2, -0.15) is 0 Å². The second-order valence-corrected chi connectivity index (χ2v) is 13.5. The van der Waals surface area contributed by atoms with E-state index in [0.717, 1.165) is 16.3 Å². The number of thiazole rings is 1. The molecule has 1 aromatic heterocycles. The van der Waals surface area contributed by atoms with E-state index < -0.39 is 12.0 Å². The van der Waals surface area contributed by atoms with Crippen molar-refractivity contribution in [2.24, 2.45) is 4.99 Å². The van der Waals surface area contributed by atoms with Crippen LogP contribution in [0.1, 0.15) is 57.4 Å². The van der Waals surface area contributed by atoms with Crippen molar-refractivity contribution in [2.45, 2.75) is 53.4 Å². The van der Waals surface area contributed by atoms with E-state index in [1.165, 1.54) is 15.9 Å². The van der Waals surface area contributed by atoms with Crippen LogP contribution in [0.4, 0.5) is 0 Å². The molecule has 0 radical (unpaired) electrons. The normalized spacial score (nSPS) is 14.4. The highest BCUT2D eigenvalue weighted by atomic mass is 35.5. The van der Waals surface area contributed by atoms with Gasteiger partial charge in [0.25, 0.3) is 5.56 Å². The molecule has 0 bridgehead atoms. The van der Waals surface area contributed by atoms with Gasteiger partial charge in [0.05, 0.1) is 53.3 Å². The van der Waals surface area contributed by atoms with Crippen LogP contribution in [0.15, 0.2) is 93.9 Å². The number of hydrogen-bond acceptors (Lipinski definition) is 9. The number of benzene rings is 4. The van der Waals surface area contributed by atoms with E-state index in [0.29, 0.717) is 67.4 Å². The lowest BCUT2D eigenvalue weighted by Gasteiger charge is -2.25. The second kappa shape index (κ2) is 15.4. The molecule has 4 aromatic carbocycles. The van der Waals surface area contributed by atoms with Crippen LogP contribution in [0, 0.1) is 0 Å². The maximum Gasteiger partial charge on any atom is 0.338 e. The number of carbonyl (C=O) groups excluding carboxylic acids is 1. The molecule has 0 aliphatic carbocycles. The number of hydrogen-bond donors (Lipinski definition) is 0. The van der Waals surface area contributed by atoms with Gasteiger partial charge in [-0.1, -0.05) is 65.4 Å². The lowest BCUT2D eigenvalue weighted by Crippen LogP contribution is -2.40. The minimum absolute atomic E-state index is 0.0818. The summed E-state index contributed by atoms with van der Waals surface area (Å²) in [6, 6.07) is 22.4. The maximum atomic E-state index is 14.3. The molecule has 1 aliphatic rings. The number of halogens is 1. The molecular weight excluding hydrogens is 688 g/mol. The fourth-order valence-corrected chi connectivity index (χ4v) is 7.34. The van der Waals surface area contributed by atoms with E-state index in [9.17, 15) is 9.59 Å². The van der Waals surface area contributed by atoms with Gasteiger partial charge in [0.2, 0.25) is 0 Å². The number of allylic oxidation sites excluding steroid dienone is 1. The van der Waals surface area contributed by atoms with Crippen LogP contribution in [-0.4, -0.2) is 37.0 Å². The van der Waals surface area contributed by atoms with Gasteiger partial charge in [0.15, 0.2) is 27.8 Å². The van der Waals surface area contributed by atoms with Crippen LogP contribution in [0.5, 0.6) is 23.0 Å². The molecule has 264 valence electrons. The standard InChI is InChI=1S/C40H39ClN2O7S/c1-7-47-33-19-26(18-30(41)37(33)49-22-25-13-14-27-11-9-10-12-28(27)17-25)20-34-38(44)43-36(29-15-16-31(50-23(3)4)32(21-29)46-6)35(39(45)48-8-2)24(5)42-40(43)51-34/h9-21,23,36H,7-8,22H2,1-6H3/b34-20-/t36-/m1/s1. The number of carbonyl (C=O) groups is 1. The van der Waals surface area contributed by atoms with Crippen molar-refractivity contribution in [2.75, 3.05) is 20.3 Å². The van der Waals surface area contributed by atoms with Crippen molar-refractivity contribution in [1.82, 2.24) is 4.57 Å². The lowest BCUT2D eigenvalue weighted by molar-refractivity contribution is -0.139. The van der Waals surface area contributed by atoms with Gasteiger partial charge in [-0.05, 0) is 98.5 Å². The Morgan fingerprint density at radius 1 is 0.961 bits per heavy atom. The summed E-state index contributed by atoms with van der Waals surface area (Å²) in [6.45, 7) is 10.1. The first-order valence-electron chi connectivity index (χ1n) is 16.7. The van der Waals surface area contributed by atoms with Gasteiger partial charge in [0, 0.05) is 0 Å². The average molecular weight is 727 g/mol. The first-order chi connectivity index (χ1) is 24.6. The summed E-state index contributed by atoms with van der Waals surface area (Å²) in [7, 11) is 1.55. The van der Waals surface area contributed by atoms with E-state index in [1.54, 1.807) is 51.3 Å². The molecule has 5 aromatic rings. The number of esters is 1. The van der Waals surface area contributed by atoms with Crippen LogP contribution in [0.2, 0.25) is 5.02 Å². The average Bonchev–Trinajstić information content (AvgIpc) is 3.40. The molecule has 51 heavy (non-hydrogen) atoms. The number of nitrogens with zero attached hydrogens (tertiary/aromatic N) is 2. The monoisotopic (exact) mass is 726 g/mol. The first kappa shape index (κ1) is 35.8. The lowest BCUT2D eigenvalue weighted by atomic mass is 9.95. The van der Waals surface area contributed by atoms with Crippen molar-refractivity contribution >= 4 is 45.8 Å². The zero-order valence-corrected chi connectivity index (χ0v) is 30.9. The Bertz CT molecular complexity index is 2330. The van der Waals surface area contributed by atoms with Gasteiger partial charge < -0.3 is 23.7 Å². The first-order valence-corrected chi connectivity index (χ1v) is 17.9. The molecule has 0 saturated carbocycles. The summed E-state index contributed by atoms with van der Waals surface area (Å²) in [4.78, 5) is 32.8. The third kappa shape index (κ3) is 7.52. The minimum atomic E-state index is -0.821. The summed E-state index contributed by atoms with van der Waals surface area (Å²) in [5.41, 5.74) is 2.67. The highest BCUT2D eigenvalue weighted by molar-refractivity contribution is 7.07. The Balaban J connectivity index is 1.40. The van der Waals surface area contributed by atoms with Crippen molar-refractivity contribution in [3.63, 3.8) is 0 Å². The smallest absolute Gasteiger partial charge is 0.338 e. The Hall–Kier alpha value is -5.06. The zero-order chi connectivity index (χ0) is 36.2. The highest BCUT2D eigenvalue weighted by Crippen LogP contribution is 2.39. The molecule has 9 nitrogen and oxygen atoms in total. The van der Waals surface area contributed by atoms with Crippen LogP contribution < -0.4 is 33.8 Å². The van der Waals surface area contributed by atoms with Gasteiger partial charge in [-0.3, -0.25) is 9.36 Å². The maximum absolute atomic E-state index is 14.3. The number of ether oxygens (including phenoxy) is 5. The quantitative estimate of drug-likeness (QED) is 0.124. The fourth-order valence-electron chi connectivity index (χ4n) is 6.02. The summed E-state index contributed by atoms with van der Waals surface area (Å²) < 4.78 is 31.1. The SMILES string of the molecule is CCOC(=O)C1=C(C)N=c2s/c(=C\c3cc(Cl)c(OCc4ccc5ccccc5c4)c(OCC)c3)c(=O)n2[C@@H]1c1ccc(OC(C)C)c(OC)c1. The third-order valence-corrected chi connectivity index (χ3v) is 9.47. The predicted molar refractivity (Wildman–Crippen MR) is 200 cm³/mol. The minimum Gasteiger partial charge on any atom is -0.493 e. The van der Waals surface area contributed by atoms with Gasteiger partial charge >= 0.3 is 5.97 Å². The summed E-state index contributed by atoms with van der Waals surface area (Å²) in [5, 5.41) is 2.61. The second-order valence-electron chi connectivity index (χ2n) is 12.1. The van der Waals surface area contributed by atoms with Crippen LogP contribution in [0.3, 0.4) is 0 Å². The molecule has 0 fully saturated rings. The number of methoxy groups -OCH3 is 1. The molecule has 1 atom stereocenters. The molecule has 1 aliphatic heterocycles. The van der Waals surface area contributed by atoms with E-state index in [2.05, 4.69) is 24.3 Å². The Morgan fingerprint density at radius 2 is 1.75 bits per heavy atom. The predicted octanol–water partition coefficient (Wildman–Crippen LogP) is 7.38. The Kier molecular flexibility index (Phi) is 10.8. The molecule has 0 amide bonds. The highest BCUT2D eigenvalue weighted by Gasteiger charge is 2.34. The van der Waals surface area contributed by atoms with Crippen molar-refractivity contribution in [3.05, 3.63) is 125 Å². The zero-order valence-electron chi connectivity index (χ0n) is 29.3. The van der Waals surface area contributed by atoms with Crippen molar-refractivity contribution in [3.8, 4) is 23.0 Å². The summed E-state index contributed by atoms with van der Waals surface area (Å²) >= 11 is 8.03. The number of fused-ring (bicyclic) bond motifs is 2. The van der Waals surface area contributed by atoms with E-state index in [4.69, 9.17) is 40.3 Å². The van der Waals surface area contributed by atoms with E-state index in [1.807, 2.05) is 45.0 Å².